The number of hydrogen-bond donors (Lipinski definition) is 3. The largest absolute Gasteiger partial charge is 0.497 e. The van der Waals surface area contributed by atoms with Crippen molar-refractivity contribution in [1.29, 1.82) is 0 Å². The van der Waals surface area contributed by atoms with E-state index in [1.165, 1.54) is 18.9 Å². The number of hydrogen-bond acceptors (Lipinski definition) is 6. The van der Waals surface area contributed by atoms with Crippen LogP contribution in [0.5, 0.6) is 11.5 Å². The fraction of sp³-hybridized carbons (Fsp3) is 0.108. The highest BCUT2D eigenvalue weighted by Gasteiger charge is 2.18. The lowest BCUT2D eigenvalue weighted by molar-refractivity contribution is -0.115. The first-order chi connectivity index (χ1) is 22.3. The van der Waals surface area contributed by atoms with Gasteiger partial charge >= 0.3 is 0 Å². The van der Waals surface area contributed by atoms with E-state index in [9.17, 15) is 14.4 Å². The van der Waals surface area contributed by atoms with Gasteiger partial charge in [-0.3, -0.25) is 14.4 Å². The molecule has 0 fully saturated rings. The van der Waals surface area contributed by atoms with E-state index >= 15 is 0 Å². The standard InChI is InChI=1S/C37H33N3O5S/c1-24(35(41)39-32-15-9-13-25-10-7-8-14-31(25)32)46-30-20-17-28(18-21-30)38-37(43)33(40-36(42)26-11-5-4-6-12-26)22-27-16-19-29(44-2)23-34(27)45-3/h4-24H,1-3H3,(H,38,43)(H,39,41)(H,40,42)/b33-22-. The molecule has 0 aliphatic heterocycles. The summed E-state index contributed by atoms with van der Waals surface area (Å²) in [5.74, 6) is -0.00996. The smallest absolute Gasteiger partial charge is 0.272 e. The van der Waals surface area contributed by atoms with E-state index in [0.29, 0.717) is 28.3 Å². The maximum Gasteiger partial charge on any atom is 0.272 e. The Morgan fingerprint density at radius 1 is 0.761 bits per heavy atom. The van der Waals surface area contributed by atoms with Crippen LogP contribution in [0.25, 0.3) is 16.8 Å². The average Bonchev–Trinajstić information content (AvgIpc) is 3.09. The van der Waals surface area contributed by atoms with Crippen LogP contribution in [-0.2, 0) is 9.59 Å². The molecule has 1 atom stereocenters. The predicted molar refractivity (Wildman–Crippen MR) is 184 cm³/mol. The zero-order valence-electron chi connectivity index (χ0n) is 25.6. The van der Waals surface area contributed by atoms with E-state index in [4.69, 9.17) is 9.47 Å². The molecule has 46 heavy (non-hydrogen) atoms. The molecule has 0 heterocycles. The highest BCUT2D eigenvalue weighted by Crippen LogP contribution is 2.29. The van der Waals surface area contributed by atoms with Gasteiger partial charge in [0.1, 0.15) is 17.2 Å². The Bertz CT molecular complexity index is 1890. The van der Waals surface area contributed by atoms with Crippen molar-refractivity contribution >= 4 is 57.7 Å². The van der Waals surface area contributed by atoms with Crippen LogP contribution in [-0.4, -0.2) is 37.2 Å². The van der Waals surface area contributed by atoms with Gasteiger partial charge in [-0.25, -0.2) is 0 Å². The Morgan fingerprint density at radius 2 is 1.48 bits per heavy atom. The molecule has 3 amide bonds. The molecule has 0 aliphatic carbocycles. The summed E-state index contributed by atoms with van der Waals surface area (Å²) < 4.78 is 10.8. The average molecular weight is 632 g/mol. The fourth-order valence-corrected chi connectivity index (χ4v) is 5.54. The molecule has 0 bridgehead atoms. The molecule has 3 N–H and O–H groups in total. The van der Waals surface area contributed by atoms with Crippen LogP contribution in [0.4, 0.5) is 11.4 Å². The Labute approximate surface area is 271 Å². The summed E-state index contributed by atoms with van der Waals surface area (Å²) in [6.45, 7) is 1.85. The van der Waals surface area contributed by atoms with E-state index in [2.05, 4.69) is 16.0 Å². The van der Waals surface area contributed by atoms with E-state index in [-0.39, 0.29) is 16.9 Å². The summed E-state index contributed by atoms with van der Waals surface area (Å²) in [7, 11) is 3.07. The number of rotatable bonds is 11. The molecule has 0 aromatic heterocycles. The Kier molecular flexibility index (Phi) is 10.4. The number of nitrogens with one attached hydrogen (secondary N) is 3. The van der Waals surface area contributed by atoms with Gasteiger partial charge in [-0.1, -0.05) is 54.6 Å². The summed E-state index contributed by atoms with van der Waals surface area (Å²) in [4.78, 5) is 40.4. The summed E-state index contributed by atoms with van der Waals surface area (Å²) in [5.41, 5.74) is 2.29. The Balaban J connectivity index is 1.29. The summed E-state index contributed by atoms with van der Waals surface area (Å²) in [6.07, 6.45) is 1.55. The Hall–Kier alpha value is -5.54. The fourth-order valence-electron chi connectivity index (χ4n) is 4.68. The minimum atomic E-state index is -0.523. The van der Waals surface area contributed by atoms with Gasteiger partial charge < -0.3 is 25.4 Å². The van der Waals surface area contributed by atoms with Crippen LogP contribution in [0.3, 0.4) is 0 Å². The molecule has 9 heteroatoms. The lowest BCUT2D eigenvalue weighted by Crippen LogP contribution is -2.30. The van der Waals surface area contributed by atoms with Gasteiger partial charge in [0.2, 0.25) is 5.91 Å². The lowest BCUT2D eigenvalue weighted by Gasteiger charge is -2.15. The number of ether oxygens (including phenoxy) is 2. The molecule has 0 radical (unpaired) electrons. The molecule has 1 unspecified atom stereocenters. The SMILES string of the molecule is COc1ccc(/C=C(\NC(=O)c2ccccc2)C(=O)Nc2ccc(SC(C)C(=O)Nc3cccc4ccccc34)cc2)c(OC)c1. The second kappa shape index (κ2) is 15.0. The highest BCUT2D eigenvalue weighted by atomic mass is 32.2. The number of amides is 3. The normalized spacial score (nSPS) is 11.8. The van der Waals surface area contributed by atoms with Crippen LogP contribution in [0.1, 0.15) is 22.8 Å². The molecule has 5 aromatic carbocycles. The number of benzene rings is 5. The third-order valence-electron chi connectivity index (χ3n) is 7.11. The number of methoxy groups -OCH3 is 2. The van der Waals surface area contributed by atoms with Crippen LogP contribution >= 0.6 is 11.8 Å². The first-order valence-corrected chi connectivity index (χ1v) is 15.4. The molecule has 5 rings (SSSR count). The zero-order chi connectivity index (χ0) is 32.5. The molecule has 232 valence electrons. The van der Waals surface area contributed by atoms with Crippen molar-refractivity contribution in [3.05, 3.63) is 132 Å². The van der Waals surface area contributed by atoms with Gasteiger partial charge in [0.05, 0.1) is 19.5 Å². The van der Waals surface area contributed by atoms with E-state index in [1.807, 2.05) is 67.6 Å². The number of thioether (sulfide) groups is 1. The van der Waals surface area contributed by atoms with Crippen molar-refractivity contribution in [1.82, 2.24) is 5.32 Å². The van der Waals surface area contributed by atoms with Gasteiger partial charge in [0.15, 0.2) is 0 Å². The molecular weight excluding hydrogens is 598 g/mol. The quantitative estimate of drug-likeness (QED) is 0.104. The molecule has 0 aliphatic rings. The summed E-state index contributed by atoms with van der Waals surface area (Å²) in [5, 5.41) is 10.3. The number of carbonyl (C=O) groups excluding carboxylic acids is 3. The van der Waals surface area contributed by atoms with Crippen molar-refractivity contribution < 1.29 is 23.9 Å². The highest BCUT2D eigenvalue weighted by molar-refractivity contribution is 8.00. The van der Waals surface area contributed by atoms with Crippen molar-refractivity contribution in [3.63, 3.8) is 0 Å². The molecule has 0 saturated heterocycles. The first kappa shape index (κ1) is 31.9. The van der Waals surface area contributed by atoms with Gasteiger partial charge in [0.25, 0.3) is 11.8 Å². The third kappa shape index (κ3) is 7.94. The maximum absolute atomic E-state index is 13.5. The van der Waals surface area contributed by atoms with Crippen LogP contribution < -0.4 is 25.4 Å². The van der Waals surface area contributed by atoms with Crippen molar-refractivity contribution in [2.45, 2.75) is 17.1 Å². The maximum atomic E-state index is 13.5. The molecule has 0 saturated carbocycles. The second-order valence-corrected chi connectivity index (χ2v) is 11.7. The topological polar surface area (TPSA) is 106 Å². The van der Waals surface area contributed by atoms with Crippen molar-refractivity contribution in [3.8, 4) is 11.5 Å². The molecule has 5 aromatic rings. The van der Waals surface area contributed by atoms with E-state index < -0.39 is 11.8 Å². The monoisotopic (exact) mass is 631 g/mol. The van der Waals surface area contributed by atoms with Gasteiger partial charge in [-0.15, -0.1) is 11.8 Å². The third-order valence-corrected chi connectivity index (χ3v) is 8.22. The van der Waals surface area contributed by atoms with Gasteiger partial charge in [-0.05, 0) is 73.0 Å². The van der Waals surface area contributed by atoms with Crippen LogP contribution in [0.15, 0.2) is 126 Å². The van der Waals surface area contributed by atoms with Crippen molar-refractivity contribution in [2.24, 2.45) is 0 Å². The van der Waals surface area contributed by atoms with E-state index in [0.717, 1.165) is 21.4 Å². The summed E-state index contributed by atoms with van der Waals surface area (Å²) >= 11 is 1.41. The second-order valence-electron chi connectivity index (χ2n) is 10.2. The zero-order valence-corrected chi connectivity index (χ0v) is 26.4. The minimum absolute atomic E-state index is 0.0227. The number of fused-ring (bicyclic) bond motifs is 1. The van der Waals surface area contributed by atoms with Gasteiger partial charge in [-0.2, -0.15) is 0 Å². The summed E-state index contributed by atoms with van der Waals surface area (Å²) in [6, 6.07) is 34.7. The van der Waals surface area contributed by atoms with E-state index in [1.54, 1.807) is 67.8 Å². The van der Waals surface area contributed by atoms with Crippen LogP contribution in [0.2, 0.25) is 0 Å². The van der Waals surface area contributed by atoms with Crippen molar-refractivity contribution in [2.75, 3.05) is 24.9 Å². The van der Waals surface area contributed by atoms with Crippen LogP contribution in [0, 0.1) is 0 Å². The lowest BCUT2D eigenvalue weighted by atomic mass is 10.1. The molecule has 8 nitrogen and oxygen atoms in total. The molecule has 0 spiro atoms. The number of carbonyl (C=O) groups is 3. The number of anilines is 2. The Morgan fingerprint density at radius 3 is 2.22 bits per heavy atom. The first-order valence-electron chi connectivity index (χ1n) is 14.5. The molecular formula is C37H33N3O5S. The van der Waals surface area contributed by atoms with Gasteiger partial charge in [0, 0.05) is 38.8 Å². The minimum Gasteiger partial charge on any atom is -0.497 e. The predicted octanol–water partition coefficient (Wildman–Crippen LogP) is 7.39.